The average molecular weight is 482 g/mol. The van der Waals surface area contributed by atoms with E-state index in [1.54, 1.807) is 17.9 Å². The summed E-state index contributed by atoms with van der Waals surface area (Å²) in [7, 11) is 1.35. The molecule has 0 fully saturated rings. The van der Waals surface area contributed by atoms with Crippen molar-refractivity contribution in [1.29, 1.82) is 0 Å². The van der Waals surface area contributed by atoms with Crippen LogP contribution >= 0.6 is 0 Å². The van der Waals surface area contributed by atoms with E-state index in [4.69, 9.17) is 14.9 Å². The van der Waals surface area contributed by atoms with Crippen LogP contribution in [0.15, 0.2) is 52.9 Å². The van der Waals surface area contributed by atoms with Crippen LogP contribution in [0.1, 0.15) is 46.0 Å². The fourth-order valence-electron chi connectivity index (χ4n) is 4.24. The molecule has 2 N–H and O–H groups in total. The fourth-order valence-corrected chi connectivity index (χ4v) is 4.24. The van der Waals surface area contributed by atoms with Gasteiger partial charge in [-0.2, -0.15) is 13.2 Å². The molecular formula is C25H21F3N4O3. The van der Waals surface area contributed by atoms with Gasteiger partial charge in [-0.3, -0.25) is 4.79 Å². The van der Waals surface area contributed by atoms with Gasteiger partial charge in [-0.15, -0.1) is 0 Å². The van der Waals surface area contributed by atoms with Crippen molar-refractivity contribution in [3.63, 3.8) is 0 Å². The number of nitrogens with two attached hydrogens (primary N) is 1. The number of rotatable bonds is 4. The number of benzene rings is 2. The Morgan fingerprint density at radius 3 is 2.37 bits per heavy atom. The van der Waals surface area contributed by atoms with Crippen LogP contribution in [0.25, 0.3) is 22.4 Å². The van der Waals surface area contributed by atoms with Crippen molar-refractivity contribution in [3.05, 3.63) is 76.8 Å². The zero-order valence-corrected chi connectivity index (χ0v) is 18.9. The van der Waals surface area contributed by atoms with Gasteiger partial charge in [0.2, 0.25) is 5.89 Å². The maximum atomic E-state index is 13.4. The van der Waals surface area contributed by atoms with Crippen molar-refractivity contribution in [1.82, 2.24) is 14.9 Å². The Labute approximate surface area is 198 Å². The Hall–Kier alpha value is -3.92. The minimum Gasteiger partial charge on any atom is -0.494 e. The Morgan fingerprint density at radius 1 is 1.09 bits per heavy atom. The SMILES string of the molecule is COc1ccc(-c2nc(C(=O)N3Cc4ccccc4C3)c([C@H](C)N)o2)c2ccc(C(F)(F)F)nc12. The van der Waals surface area contributed by atoms with Crippen LogP contribution in [0.3, 0.4) is 0 Å². The molecule has 1 aliphatic rings. The van der Waals surface area contributed by atoms with Crippen LogP contribution in [0.4, 0.5) is 13.2 Å². The lowest BCUT2D eigenvalue weighted by molar-refractivity contribution is -0.140. The van der Waals surface area contributed by atoms with Gasteiger partial charge in [0.25, 0.3) is 5.91 Å². The van der Waals surface area contributed by atoms with E-state index in [1.165, 1.54) is 19.2 Å². The van der Waals surface area contributed by atoms with E-state index < -0.39 is 17.9 Å². The normalized spacial score (nSPS) is 14.3. The number of halogens is 3. The Bertz CT molecular complexity index is 1420. The second-order valence-electron chi connectivity index (χ2n) is 8.36. The van der Waals surface area contributed by atoms with Gasteiger partial charge in [-0.1, -0.05) is 24.3 Å². The zero-order chi connectivity index (χ0) is 24.9. The molecule has 0 saturated carbocycles. The summed E-state index contributed by atoms with van der Waals surface area (Å²) in [6, 6.07) is 12.4. The number of carbonyl (C=O) groups is 1. The Morgan fingerprint density at radius 2 is 1.77 bits per heavy atom. The molecule has 0 spiro atoms. The molecule has 1 atom stereocenters. The number of hydrogen-bond donors (Lipinski definition) is 1. The first-order valence-electron chi connectivity index (χ1n) is 10.8. The minimum atomic E-state index is -4.62. The standard InChI is InChI=1S/C25H21F3N4O3/c1-13(29)22-21(24(33)32-11-14-5-3-4-6-15(14)12-32)31-23(35-22)17-7-9-18(34-2)20-16(17)8-10-19(30-20)25(26,27)28/h3-10,13H,11-12,29H2,1-2H3/t13-/m0/s1. The van der Waals surface area contributed by atoms with E-state index in [1.807, 2.05) is 24.3 Å². The minimum absolute atomic E-state index is 0.00300. The van der Waals surface area contributed by atoms with Crippen LogP contribution in [-0.2, 0) is 19.3 Å². The summed E-state index contributed by atoms with van der Waals surface area (Å²) in [5, 5.41) is 0.336. The number of oxazole rings is 1. The number of aromatic nitrogens is 2. The summed E-state index contributed by atoms with van der Waals surface area (Å²) in [6.45, 7) is 2.54. The van der Waals surface area contributed by atoms with Crippen LogP contribution in [-0.4, -0.2) is 27.9 Å². The molecule has 180 valence electrons. The number of methoxy groups -OCH3 is 1. The van der Waals surface area contributed by atoms with Crippen molar-refractivity contribution in [2.75, 3.05) is 7.11 Å². The van der Waals surface area contributed by atoms with Gasteiger partial charge >= 0.3 is 6.18 Å². The van der Waals surface area contributed by atoms with Gasteiger partial charge < -0.3 is 19.8 Å². The molecule has 0 radical (unpaired) electrons. The monoisotopic (exact) mass is 482 g/mol. The predicted octanol–water partition coefficient (Wildman–Crippen LogP) is 5.09. The van der Waals surface area contributed by atoms with E-state index >= 15 is 0 Å². The highest BCUT2D eigenvalue weighted by atomic mass is 19.4. The van der Waals surface area contributed by atoms with Crippen molar-refractivity contribution >= 4 is 16.8 Å². The third kappa shape index (κ3) is 3.99. The smallest absolute Gasteiger partial charge is 0.433 e. The van der Waals surface area contributed by atoms with E-state index in [0.29, 0.717) is 24.0 Å². The van der Waals surface area contributed by atoms with Crippen molar-refractivity contribution < 1.29 is 27.1 Å². The lowest BCUT2D eigenvalue weighted by atomic mass is 10.1. The van der Waals surface area contributed by atoms with E-state index in [9.17, 15) is 18.0 Å². The first-order valence-corrected chi connectivity index (χ1v) is 10.8. The lowest BCUT2D eigenvalue weighted by Crippen LogP contribution is -2.27. The number of fused-ring (bicyclic) bond motifs is 2. The van der Waals surface area contributed by atoms with Crippen LogP contribution < -0.4 is 10.5 Å². The Kier molecular flexibility index (Phi) is 5.47. The molecule has 0 saturated heterocycles. The molecule has 0 bridgehead atoms. The fraction of sp³-hybridized carbons (Fsp3) is 0.240. The number of hydrogen-bond acceptors (Lipinski definition) is 6. The quantitative estimate of drug-likeness (QED) is 0.435. The number of nitrogens with zero attached hydrogens (tertiary/aromatic N) is 3. The first kappa shape index (κ1) is 22.9. The third-order valence-corrected chi connectivity index (χ3v) is 5.96. The van der Waals surface area contributed by atoms with Gasteiger partial charge in [0, 0.05) is 24.0 Å². The molecule has 35 heavy (non-hydrogen) atoms. The third-order valence-electron chi connectivity index (χ3n) is 5.96. The zero-order valence-electron chi connectivity index (χ0n) is 18.9. The van der Waals surface area contributed by atoms with E-state index in [-0.39, 0.29) is 34.5 Å². The Balaban J connectivity index is 1.59. The molecule has 1 aliphatic heterocycles. The summed E-state index contributed by atoms with van der Waals surface area (Å²) >= 11 is 0. The van der Waals surface area contributed by atoms with Gasteiger partial charge in [-0.05, 0) is 42.3 Å². The van der Waals surface area contributed by atoms with Crippen LogP contribution in [0.2, 0.25) is 0 Å². The summed E-state index contributed by atoms with van der Waals surface area (Å²) in [6.07, 6.45) is -4.62. The van der Waals surface area contributed by atoms with Crippen molar-refractivity contribution in [2.45, 2.75) is 32.2 Å². The van der Waals surface area contributed by atoms with Crippen molar-refractivity contribution in [3.8, 4) is 17.2 Å². The van der Waals surface area contributed by atoms with Crippen LogP contribution in [0.5, 0.6) is 5.75 Å². The molecule has 1 amide bonds. The number of pyridine rings is 1. The van der Waals surface area contributed by atoms with Gasteiger partial charge in [0.1, 0.15) is 17.0 Å². The largest absolute Gasteiger partial charge is 0.494 e. The number of carbonyl (C=O) groups excluding carboxylic acids is 1. The molecule has 10 heteroatoms. The van der Waals surface area contributed by atoms with Gasteiger partial charge in [0.15, 0.2) is 11.5 Å². The second-order valence-corrected chi connectivity index (χ2v) is 8.36. The molecule has 0 aliphatic carbocycles. The molecule has 5 rings (SSSR count). The molecule has 3 heterocycles. The highest BCUT2D eigenvalue weighted by molar-refractivity contribution is 5.98. The summed E-state index contributed by atoms with van der Waals surface area (Å²) < 4.78 is 50.9. The summed E-state index contributed by atoms with van der Waals surface area (Å²) in [4.78, 5) is 23.3. The average Bonchev–Trinajstić information content (AvgIpc) is 3.47. The van der Waals surface area contributed by atoms with Gasteiger partial charge in [-0.25, -0.2) is 9.97 Å². The summed E-state index contributed by atoms with van der Waals surface area (Å²) in [5.74, 6) is 0.0927. The van der Waals surface area contributed by atoms with Gasteiger partial charge in [0.05, 0.1) is 13.2 Å². The van der Waals surface area contributed by atoms with E-state index in [2.05, 4.69) is 9.97 Å². The highest BCUT2D eigenvalue weighted by Gasteiger charge is 2.34. The molecular weight excluding hydrogens is 461 g/mol. The highest BCUT2D eigenvalue weighted by Crippen LogP contribution is 2.38. The molecule has 7 nitrogen and oxygen atoms in total. The maximum absolute atomic E-state index is 13.4. The predicted molar refractivity (Wildman–Crippen MR) is 121 cm³/mol. The van der Waals surface area contributed by atoms with Crippen LogP contribution in [0, 0.1) is 0 Å². The molecule has 2 aromatic heterocycles. The van der Waals surface area contributed by atoms with E-state index in [0.717, 1.165) is 17.2 Å². The maximum Gasteiger partial charge on any atom is 0.433 e. The molecule has 2 aromatic carbocycles. The number of alkyl halides is 3. The topological polar surface area (TPSA) is 94.5 Å². The lowest BCUT2D eigenvalue weighted by Gasteiger charge is -2.14. The van der Waals surface area contributed by atoms with Crippen molar-refractivity contribution in [2.24, 2.45) is 5.73 Å². The molecule has 0 unspecified atom stereocenters. The number of ether oxygens (including phenoxy) is 1. The second kappa shape index (κ2) is 8.38. The number of amides is 1. The first-order chi connectivity index (χ1) is 16.7. The summed E-state index contributed by atoms with van der Waals surface area (Å²) in [5.41, 5.74) is 7.60. The molecule has 4 aromatic rings.